The van der Waals surface area contributed by atoms with Crippen molar-refractivity contribution in [1.29, 1.82) is 0 Å². The predicted octanol–water partition coefficient (Wildman–Crippen LogP) is 2.59. The molecule has 8 nitrogen and oxygen atoms in total. The molecule has 1 atom stereocenters. The number of nitrogens with one attached hydrogen (secondary N) is 2. The van der Waals surface area contributed by atoms with Gasteiger partial charge in [-0.1, -0.05) is 24.3 Å². The third-order valence-electron chi connectivity index (χ3n) is 3.39. The molecule has 0 saturated heterocycles. The molecule has 25 heavy (non-hydrogen) atoms. The van der Waals surface area contributed by atoms with Crippen LogP contribution in [-0.2, 0) is 14.8 Å². The Labute approximate surface area is 145 Å². The first kappa shape index (κ1) is 18.6. The predicted molar refractivity (Wildman–Crippen MR) is 92.6 cm³/mol. The van der Waals surface area contributed by atoms with E-state index in [0.29, 0.717) is 11.3 Å². The van der Waals surface area contributed by atoms with Crippen LogP contribution >= 0.6 is 0 Å². The van der Waals surface area contributed by atoms with E-state index in [1.165, 1.54) is 25.1 Å². The van der Waals surface area contributed by atoms with E-state index in [9.17, 15) is 23.3 Å². The van der Waals surface area contributed by atoms with Gasteiger partial charge in [-0.2, -0.15) is 0 Å². The maximum absolute atomic E-state index is 12.5. The van der Waals surface area contributed by atoms with Crippen molar-refractivity contribution < 1.29 is 18.1 Å². The molecule has 132 valence electrons. The smallest absolute Gasteiger partial charge is 0.289 e. The average Bonchev–Trinajstić information content (AvgIpc) is 2.54. The number of rotatable bonds is 6. The molecule has 0 radical (unpaired) electrons. The summed E-state index contributed by atoms with van der Waals surface area (Å²) in [5.74, 6) is -0.245. The van der Waals surface area contributed by atoms with E-state index in [0.717, 1.165) is 6.07 Å². The Kier molecular flexibility index (Phi) is 5.50. The summed E-state index contributed by atoms with van der Waals surface area (Å²) < 4.78 is 27.5. The number of sulfonamides is 1. The molecular formula is C16H17N3O5S. The summed E-state index contributed by atoms with van der Waals surface area (Å²) in [5.41, 5.74) is 0.643. The van der Waals surface area contributed by atoms with E-state index < -0.39 is 31.6 Å². The van der Waals surface area contributed by atoms with Gasteiger partial charge in [-0.15, -0.1) is 0 Å². The van der Waals surface area contributed by atoms with Gasteiger partial charge in [-0.3, -0.25) is 14.9 Å². The molecule has 0 heterocycles. The Bertz CT molecular complexity index is 911. The molecule has 0 aromatic heterocycles. The Balaban J connectivity index is 2.29. The zero-order valence-electron chi connectivity index (χ0n) is 13.6. The lowest BCUT2D eigenvalue weighted by molar-refractivity contribution is -0.387. The van der Waals surface area contributed by atoms with Crippen LogP contribution in [0.4, 0.5) is 11.4 Å². The maximum atomic E-state index is 12.5. The van der Waals surface area contributed by atoms with Crippen LogP contribution in [0.2, 0.25) is 0 Å². The summed E-state index contributed by atoms with van der Waals surface area (Å²) in [6.45, 7) is 2.98. The molecule has 2 aromatic rings. The van der Waals surface area contributed by atoms with Crippen LogP contribution in [0, 0.1) is 10.1 Å². The fourth-order valence-electron chi connectivity index (χ4n) is 2.29. The lowest BCUT2D eigenvalue weighted by atomic mass is 10.1. The van der Waals surface area contributed by atoms with Crippen LogP contribution in [-0.4, -0.2) is 19.2 Å². The van der Waals surface area contributed by atoms with Crippen molar-refractivity contribution in [2.24, 2.45) is 0 Å². The minimum absolute atomic E-state index is 0.245. The molecule has 1 unspecified atom stereocenters. The van der Waals surface area contributed by atoms with Crippen LogP contribution in [0.3, 0.4) is 0 Å². The van der Waals surface area contributed by atoms with Crippen molar-refractivity contribution in [3.8, 4) is 0 Å². The summed E-state index contributed by atoms with van der Waals surface area (Å²) in [6, 6.07) is 11.2. The molecule has 0 saturated carbocycles. The monoisotopic (exact) mass is 363 g/mol. The first-order valence-electron chi connectivity index (χ1n) is 7.34. The molecule has 0 aliphatic heterocycles. The molecule has 0 aliphatic carbocycles. The third-order valence-corrected chi connectivity index (χ3v) is 4.98. The highest BCUT2D eigenvalue weighted by Gasteiger charge is 2.26. The van der Waals surface area contributed by atoms with Crippen molar-refractivity contribution >= 4 is 27.3 Å². The summed E-state index contributed by atoms with van der Waals surface area (Å²) in [7, 11) is -4.10. The first-order valence-corrected chi connectivity index (χ1v) is 8.82. The summed E-state index contributed by atoms with van der Waals surface area (Å²) in [5, 5.41) is 13.7. The van der Waals surface area contributed by atoms with Crippen molar-refractivity contribution in [2.45, 2.75) is 24.8 Å². The molecule has 2 rings (SSSR count). The first-order chi connectivity index (χ1) is 11.7. The highest BCUT2D eigenvalue weighted by Crippen LogP contribution is 2.25. The van der Waals surface area contributed by atoms with Gasteiger partial charge in [0, 0.05) is 24.7 Å². The maximum Gasteiger partial charge on any atom is 0.289 e. The molecule has 0 aliphatic rings. The summed E-state index contributed by atoms with van der Waals surface area (Å²) in [4.78, 5) is 21.0. The normalized spacial score (nSPS) is 12.4. The van der Waals surface area contributed by atoms with Gasteiger partial charge in [-0.05, 0) is 30.7 Å². The van der Waals surface area contributed by atoms with Crippen LogP contribution in [0.5, 0.6) is 0 Å². The molecular weight excluding hydrogens is 346 g/mol. The zero-order valence-corrected chi connectivity index (χ0v) is 14.4. The van der Waals surface area contributed by atoms with Gasteiger partial charge in [0.15, 0.2) is 4.90 Å². The zero-order chi connectivity index (χ0) is 18.6. The van der Waals surface area contributed by atoms with Crippen LogP contribution in [0.15, 0.2) is 53.4 Å². The number of carbonyl (C=O) groups is 1. The van der Waals surface area contributed by atoms with Crippen molar-refractivity contribution in [2.75, 3.05) is 5.32 Å². The number of nitrogens with zero attached hydrogens (tertiary/aromatic N) is 1. The van der Waals surface area contributed by atoms with Gasteiger partial charge in [0.1, 0.15) is 0 Å². The van der Waals surface area contributed by atoms with E-state index in [4.69, 9.17) is 0 Å². The van der Waals surface area contributed by atoms with E-state index in [-0.39, 0.29) is 5.91 Å². The molecule has 0 bridgehead atoms. The molecule has 2 N–H and O–H groups in total. The number of amides is 1. The van der Waals surface area contributed by atoms with Gasteiger partial charge in [0.05, 0.1) is 4.92 Å². The second-order valence-electron chi connectivity index (χ2n) is 5.37. The second kappa shape index (κ2) is 7.41. The highest BCUT2D eigenvalue weighted by molar-refractivity contribution is 7.89. The molecule has 1 amide bonds. The molecule has 0 spiro atoms. The van der Waals surface area contributed by atoms with Crippen molar-refractivity contribution in [3.05, 3.63) is 64.2 Å². The number of benzene rings is 2. The van der Waals surface area contributed by atoms with Crippen LogP contribution in [0.25, 0.3) is 0 Å². The number of anilines is 1. The Hall–Kier alpha value is -2.78. The van der Waals surface area contributed by atoms with E-state index >= 15 is 0 Å². The largest absolute Gasteiger partial charge is 0.326 e. The Morgan fingerprint density at radius 2 is 1.84 bits per heavy atom. The molecule has 0 fully saturated rings. The fraction of sp³-hybridized carbons (Fsp3) is 0.188. The van der Waals surface area contributed by atoms with E-state index in [2.05, 4.69) is 10.0 Å². The summed E-state index contributed by atoms with van der Waals surface area (Å²) >= 11 is 0. The molecule has 2 aromatic carbocycles. The van der Waals surface area contributed by atoms with Crippen LogP contribution in [0.1, 0.15) is 25.5 Å². The number of nitro groups is 1. The van der Waals surface area contributed by atoms with Crippen LogP contribution < -0.4 is 10.0 Å². The van der Waals surface area contributed by atoms with E-state index in [1.807, 2.05) is 0 Å². The lowest BCUT2D eigenvalue weighted by Crippen LogP contribution is -2.27. The van der Waals surface area contributed by atoms with Crippen molar-refractivity contribution in [3.63, 3.8) is 0 Å². The Morgan fingerprint density at radius 1 is 1.16 bits per heavy atom. The lowest BCUT2D eigenvalue weighted by Gasteiger charge is -2.16. The second-order valence-corrected chi connectivity index (χ2v) is 7.06. The molecule has 9 heteroatoms. The third kappa shape index (κ3) is 4.61. The SMILES string of the molecule is CC(=O)Nc1cccc(C(C)NS(=O)(=O)c2ccccc2[N+](=O)[O-])c1. The average molecular weight is 363 g/mol. The minimum atomic E-state index is -4.10. The van der Waals surface area contributed by atoms with Gasteiger partial charge in [0.2, 0.25) is 15.9 Å². The van der Waals surface area contributed by atoms with Gasteiger partial charge >= 0.3 is 0 Å². The van der Waals surface area contributed by atoms with Crippen molar-refractivity contribution in [1.82, 2.24) is 4.72 Å². The number of nitro benzene ring substituents is 1. The quantitative estimate of drug-likeness (QED) is 0.604. The highest BCUT2D eigenvalue weighted by atomic mass is 32.2. The number of para-hydroxylation sites is 1. The fourth-order valence-corrected chi connectivity index (χ4v) is 3.69. The summed E-state index contributed by atoms with van der Waals surface area (Å²) in [6.07, 6.45) is 0. The Morgan fingerprint density at radius 3 is 2.48 bits per heavy atom. The standard InChI is InChI=1S/C16H17N3O5S/c1-11(13-6-5-7-14(10-13)17-12(2)20)18-25(23,24)16-9-4-3-8-15(16)19(21)22/h3-11,18H,1-2H3,(H,17,20). The minimum Gasteiger partial charge on any atom is -0.326 e. The number of carbonyl (C=O) groups excluding carboxylic acids is 1. The number of hydrogen-bond acceptors (Lipinski definition) is 5. The van der Waals surface area contributed by atoms with Gasteiger partial charge < -0.3 is 5.32 Å². The number of hydrogen-bond donors (Lipinski definition) is 2. The van der Waals surface area contributed by atoms with E-state index in [1.54, 1.807) is 31.2 Å². The van der Waals surface area contributed by atoms with Gasteiger partial charge in [0.25, 0.3) is 5.69 Å². The van der Waals surface area contributed by atoms with Gasteiger partial charge in [-0.25, -0.2) is 13.1 Å². The topological polar surface area (TPSA) is 118 Å².